The van der Waals surface area contributed by atoms with Gasteiger partial charge >= 0.3 is 0 Å². The Balaban J connectivity index is 1.48. The van der Waals surface area contributed by atoms with Crippen LogP contribution in [-0.2, 0) is 4.79 Å². The molecule has 1 amide bonds. The van der Waals surface area contributed by atoms with Crippen LogP contribution >= 0.6 is 23.2 Å². The zero-order valence-corrected chi connectivity index (χ0v) is 17.3. The molecule has 0 unspecified atom stereocenters. The van der Waals surface area contributed by atoms with Gasteiger partial charge in [-0.25, -0.2) is 0 Å². The van der Waals surface area contributed by atoms with Gasteiger partial charge in [-0.1, -0.05) is 35.3 Å². The first-order valence-corrected chi connectivity index (χ1v) is 10.2. The number of hydrogen-bond donors (Lipinski definition) is 1. The molecular formula is C21H24Cl2N2O3. The lowest BCUT2D eigenvalue weighted by Gasteiger charge is -2.32. The van der Waals surface area contributed by atoms with Crippen LogP contribution < -0.4 is 14.8 Å². The fourth-order valence-electron chi connectivity index (χ4n) is 3.17. The first-order valence-electron chi connectivity index (χ1n) is 9.41. The number of carbonyl (C=O) groups is 1. The number of halogens is 2. The number of likely N-dealkylation sites (tertiary alicyclic amines) is 1. The van der Waals surface area contributed by atoms with Gasteiger partial charge in [0.25, 0.3) is 0 Å². The topological polar surface area (TPSA) is 50.8 Å². The molecule has 150 valence electrons. The molecular weight excluding hydrogens is 399 g/mol. The van der Waals surface area contributed by atoms with Gasteiger partial charge in [-0.05, 0) is 50.1 Å². The van der Waals surface area contributed by atoms with Crippen molar-refractivity contribution in [3.05, 3.63) is 52.5 Å². The smallest absolute Gasteiger partial charge is 0.238 e. The second-order valence-corrected chi connectivity index (χ2v) is 7.49. The molecule has 0 atom stereocenters. The Bertz CT molecular complexity index is 808. The average Bonchev–Trinajstić information content (AvgIpc) is 2.68. The Kier molecular flexibility index (Phi) is 7.43. The van der Waals surface area contributed by atoms with Crippen molar-refractivity contribution in [2.75, 3.05) is 31.6 Å². The lowest BCUT2D eigenvalue weighted by atomic mass is 10.1. The van der Waals surface area contributed by atoms with Gasteiger partial charge in [-0.3, -0.25) is 9.69 Å². The molecule has 3 rings (SSSR count). The van der Waals surface area contributed by atoms with Gasteiger partial charge in [0.2, 0.25) is 5.91 Å². The van der Waals surface area contributed by atoms with Crippen molar-refractivity contribution in [3.63, 3.8) is 0 Å². The molecule has 1 saturated heterocycles. The molecule has 1 heterocycles. The fraction of sp³-hybridized carbons (Fsp3) is 0.381. The van der Waals surface area contributed by atoms with Crippen LogP contribution in [0.4, 0.5) is 5.69 Å². The van der Waals surface area contributed by atoms with Crippen LogP contribution in [0.1, 0.15) is 19.8 Å². The SMILES string of the molecule is CCOc1ccccc1OC1CCN(CC(=O)Nc2cc(Cl)ccc2Cl)CC1. The molecule has 28 heavy (non-hydrogen) atoms. The molecule has 0 aliphatic carbocycles. The molecule has 2 aromatic rings. The van der Waals surface area contributed by atoms with Crippen molar-refractivity contribution >= 4 is 34.8 Å². The minimum Gasteiger partial charge on any atom is -0.490 e. The molecule has 0 bridgehead atoms. The summed E-state index contributed by atoms with van der Waals surface area (Å²) in [6.07, 6.45) is 1.82. The second-order valence-electron chi connectivity index (χ2n) is 6.65. The minimum atomic E-state index is -0.106. The average molecular weight is 423 g/mol. The standard InChI is InChI=1S/C21H24Cl2N2O3/c1-2-27-19-5-3-4-6-20(19)28-16-9-11-25(12-10-16)14-21(26)24-18-13-15(22)7-8-17(18)23/h3-8,13,16H,2,9-12,14H2,1H3,(H,24,26). The maximum absolute atomic E-state index is 12.3. The monoisotopic (exact) mass is 422 g/mol. The number of piperidine rings is 1. The number of amides is 1. The lowest BCUT2D eigenvalue weighted by molar-refractivity contribution is -0.117. The maximum Gasteiger partial charge on any atom is 0.238 e. The molecule has 0 saturated carbocycles. The normalized spacial score (nSPS) is 15.2. The van der Waals surface area contributed by atoms with Crippen molar-refractivity contribution in [2.45, 2.75) is 25.9 Å². The van der Waals surface area contributed by atoms with Crippen LogP contribution in [-0.4, -0.2) is 43.2 Å². The van der Waals surface area contributed by atoms with E-state index in [9.17, 15) is 4.79 Å². The second kappa shape index (κ2) is 10.0. The highest BCUT2D eigenvalue weighted by Crippen LogP contribution is 2.29. The first kappa shape index (κ1) is 20.8. The minimum absolute atomic E-state index is 0.106. The van der Waals surface area contributed by atoms with Crippen molar-refractivity contribution in [1.82, 2.24) is 4.90 Å². The van der Waals surface area contributed by atoms with Crippen molar-refractivity contribution < 1.29 is 14.3 Å². The summed E-state index contributed by atoms with van der Waals surface area (Å²) in [5.74, 6) is 1.44. The number of carbonyl (C=O) groups excluding carboxylic acids is 1. The lowest BCUT2D eigenvalue weighted by Crippen LogP contribution is -2.42. The molecule has 7 heteroatoms. The molecule has 1 aliphatic heterocycles. The summed E-state index contributed by atoms with van der Waals surface area (Å²) in [7, 11) is 0. The summed E-state index contributed by atoms with van der Waals surface area (Å²) in [6.45, 7) is 4.45. The molecule has 2 aromatic carbocycles. The number of anilines is 1. The highest BCUT2D eigenvalue weighted by atomic mass is 35.5. The van der Waals surface area contributed by atoms with E-state index < -0.39 is 0 Å². The molecule has 0 spiro atoms. The Hall–Kier alpha value is -1.95. The first-order chi connectivity index (χ1) is 13.5. The third-order valence-corrected chi connectivity index (χ3v) is 5.11. The van der Waals surface area contributed by atoms with E-state index in [1.54, 1.807) is 18.2 Å². The van der Waals surface area contributed by atoms with Gasteiger partial charge in [0.05, 0.1) is 23.9 Å². The van der Waals surface area contributed by atoms with Crippen LogP contribution in [0.2, 0.25) is 10.0 Å². The number of rotatable bonds is 7. The van der Waals surface area contributed by atoms with Crippen LogP contribution in [0.3, 0.4) is 0 Å². The predicted octanol–water partition coefficient (Wildman–Crippen LogP) is 4.87. The number of benzene rings is 2. The molecule has 5 nitrogen and oxygen atoms in total. The third kappa shape index (κ3) is 5.77. The van der Waals surface area contributed by atoms with E-state index in [0.29, 0.717) is 28.9 Å². The van der Waals surface area contributed by atoms with Crippen LogP contribution in [0, 0.1) is 0 Å². The van der Waals surface area contributed by atoms with E-state index in [4.69, 9.17) is 32.7 Å². The van der Waals surface area contributed by atoms with E-state index in [1.807, 2.05) is 31.2 Å². The van der Waals surface area contributed by atoms with E-state index in [2.05, 4.69) is 10.2 Å². The van der Waals surface area contributed by atoms with Gasteiger partial charge < -0.3 is 14.8 Å². The number of hydrogen-bond acceptors (Lipinski definition) is 4. The largest absolute Gasteiger partial charge is 0.490 e. The van der Waals surface area contributed by atoms with Crippen molar-refractivity contribution in [3.8, 4) is 11.5 Å². The van der Waals surface area contributed by atoms with E-state index in [-0.39, 0.29) is 12.0 Å². The number of nitrogens with zero attached hydrogens (tertiary/aromatic N) is 1. The quantitative estimate of drug-likeness (QED) is 0.690. The molecule has 1 fully saturated rings. The van der Waals surface area contributed by atoms with Crippen LogP contribution in [0.15, 0.2) is 42.5 Å². The zero-order valence-electron chi connectivity index (χ0n) is 15.8. The van der Waals surface area contributed by atoms with Crippen LogP contribution in [0.25, 0.3) is 0 Å². The van der Waals surface area contributed by atoms with E-state index in [1.165, 1.54) is 0 Å². The van der Waals surface area contributed by atoms with Crippen LogP contribution in [0.5, 0.6) is 11.5 Å². The van der Waals surface area contributed by atoms with Crippen molar-refractivity contribution in [1.29, 1.82) is 0 Å². The Morgan fingerprint density at radius 1 is 1.14 bits per heavy atom. The Morgan fingerprint density at radius 2 is 1.86 bits per heavy atom. The highest BCUT2D eigenvalue weighted by molar-refractivity contribution is 6.35. The van der Waals surface area contributed by atoms with Gasteiger partial charge in [0.1, 0.15) is 6.10 Å². The number of nitrogens with one attached hydrogen (secondary N) is 1. The maximum atomic E-state index is 12.3. The van der Waals surface area contributed by atoms with Gasteiger partial charge in [0.15, 0.2) is 11.5 Å². The Labute approximate surface area is 175 Å². The Morgan fingerprint density at radius 3 is 2.57 bits per heavy atom. The third-order valence-electron chi connectivity index (χ3n) is 4.55. The predicted molar refractivity (Wildman–Crippen MR) is 113 cm³/mol. The summed E-state index contributed by atoms with van der Waals surface area (Å²) in [6, 6.07) is 12.7. The van der Waals surface area contributed by atoms with Gasteiger partial charge in [-0.15, -0.1) is 0 Å². The molecule has 1 aliphatic rings. The van der Waals surface area contributed by atoms with Crippen molar-refractivity contribution in [2.24, 2.45) is 0 Å². The van der Waals surface area contributed by atoms with E-state index >= 15 is 0 Å². The summed E-state index contributed by atoms with van der Waals surface area (Å²) < 4.78 is 11.8. The van der Waals surface area contributed by atoms with E-state index in [0.717, 1.165) is 37.4 Å². The van der Waals surface area contributed by atoms with Gasteiger partial charge in [-0.2, -0.15) is 0 Å². The molecule has 0 radical (unpaired) electrons. The zero-order chi connectivity index (χ0) is 19.9. The number of para-hydroxylation sites is 2. The summed E-state index contributed by atoms with van der Waals surface area (Å²) >= 11 is 12.1. The molecule has 0 aromatic heterocycles. The highest BCUT2D eigenvalue weighted by Gasteiger charge is 2.23. The fourth-order valence-corrected chi connectivity index (χ4v) is 3.51. The van der Waals surface area contributed by atoms with Gasteiger partial charge in [0, 0.05) is 18.1 Å². The summed E-state index contributed by atoms with van der Waals surface area (Å²) in [4.78, 5) is 14.4. The number of ether oxygens (including phenoxy) is 2. The summed E-state index contributed by atoms with van der Waals surface area (Å²) in [5.41, 5.74) is 0.532. The summed E-state index contributed by atoms with van der Waals surface area (Å²) in [5, 5.41) is 3.83. The molecule has 1 N–H and O–H groups in total.